The fraction of sp³-hybridized carbons (Fsp3) is 0.684. The average Bonchev–Trinajstić information content (AvgIpc) is 2.88. The molecule has 0 bridgehead atoms. The lowest BCUT2D eigenvalue weighted by atomic mass is 9.94. The van der Waals surface area contributed by atoms with Crippen LogP contribution in [0.1, 0.15) is 52.1 Å². The summed E-state index contributed by atoms with van der Waals surface area (Å²) in [4.78, 5) is 18.7. The molecule has 0 aliphatic carbocycles. The zero-order valence-electron chi connectivity index (χ0n) is 16.1. The highest BCUT2D eigenvalue weighted by molar-refractivity contribution is 7.89. The van der Waals surface area contributed by atoms with Gasteiger partial charge in [-0.15, -0.1) is 0 Å². The van der Waals surface area contributed by atoms with Crippen LogP contribution >= 0.6 is 0 Å². The van der Waals surface area contributed by atoms with Crippen LogP contribution in [-0.4, -0.2) is 53.9 Å². The maximum Gasteiger partial charge on any atom is 0.228 e. The molecule has 1 amide bonds. The maximum atomic E-state index is 12.8. The number of amides is 1. The number of nitrogens with zero attached hydrogens (tertiary/aromatic N) is 3. The van der Waals surface area contributed by atoms with Crippen LogP contribution in [-0.2, 0) is 21.4 Å². The van der Waals surface area contributed by atoms with E-state index in [4.69, 9.17) is 0 Å². The summed E-state index contributed by atoms with van der Waals surface area (Å²) in [6, 6.07) is 5.55. The van der Waals surface area contributed by atoms with E-state index in [9.17, 15) is 13.2 Å². The fourth-order valence-electron chi connectivity index (χ4n) is 3.09. The number of pyridine rings is 1. The number of carbonyl (C=O) groups is 1. The summed E-state index contributed by atoms with van der Waals surface area (Å²) in [6.45, 7) is 7.25. The first-order chi connectivity index (χ1) is 12.2. The second-order valence-corrected chi connectivity index (χ2v) is 10.0. The molecular weight excluding hydrogens is 350 g/mol. The van der Waals surface area contributed by atoms with E-state index >= 15 is 0 Å². The molecule has 0 saturated carbocycles. The van der Waals surface area contributed by atoms with E-state index in [0.29, 0.717) is 19.6 Å². The van der Waals surface area contributed by atoms with Crippen molar-refractivity contribution in [2.75, 3.05) is 25.4 Å². The van der Waals surface area contributed by atoms with Gasteiger partial charge in [0.1, 0.15) is 0 Å². The Bertz CT molecular complexity index is 676. The fourth-order valence-corrected chi connectivity index (χ4v) is 4.61. The van der Waals surface area contributed by atoms with Crippen molar-refractivity contribution in [3.8, 4) is 0 Å². The highest BCUT2D eigenvalue weighted by Gasteiger charge is 2.30. The van der Waals surface area contributed by atoms with Gasteiger partial charge in [-0.25, -0.2) is 12.7 Å². The predicted molar refractivity (Wildman–Crippen MR) is 103 cm³/mol. The number of sulfonamides is 1. The molecule has 1 aliphatic rings. The van der Waals surface area contributed by atoms with Gasteiger partial charge in [-0.2, -0.15) is 0 Å². The smallest absolute Gasteiger partial charge is 0.228 e. The number of hydrogen-bond acceptors (Lipinski definition) is 4. The molecule has 0 atom stereocenters. The maximum absolute atomic E-state index is 12.8. The van der Waals surface area contributed by atoms with Crippen molar-refractivity contribution in [2.45, 2.75) is 53.0 Å². The lowest BCUT2D eigenvalue weighted by Crippen LogP contribution is -2.44. The quantitative estimate of drug-likeness (QED) is 0.759. The van der Waals surface area contributed by atoms with Crippen LogP contribution in [0.3, 0.4) is 0 Å². The van der Waals surface area contributed by atoms with E-state index in [2.05, 4.69) is 4.98 Å². The lowest BCUT2D eigenvalue weighted by molar-refractivity contribution is -0.139. The number of hydrogen-bond donors (Lipinski definition) is 0. The van der Waals surface area contributed by atoms with Gasteiger partial charge in [0.05, 0.1) is 18.0 Å². The van der Waals surface area contributed by atoms with Crippen LogP contribution in [0.15, 0.2) is 24.4 Å². The van der Waals surface area contributed by atoms with Crippen LogP contribution in [0.2, 0.25) is 0 Å². The predicted octanol–water partition coefficient (Wildman–Crippen LogP) is 2.66. The standard InChI is InChI=1S/C19H31N3O3S/c1-19(2,3)18(23)21(16-17-10-6-7-11-20-17)14-15-26(24,25)22-12-8-4-5-9-13-22/h6-7,10-11H,4-5,8-9,12-16H2,1-3H3. The molecule has 6 nitrogen and oxygen atoms in total. The number of aromatic nitrogens is 1. The van der Waals surface area contributed by atoms with Gasteiger partial charge in [0.15, 0.2) is 0 Å². The Hall–Kier alpha value is -1.47. The van der Waals surface area contributed by atoms with Crippen LogP contribution in [0.4, 0.5) is 0 Å². The van der Waals surface area contributed by atoms with Gasteiger partial charge in [-0.3, -0.25) is 9.78 Å². The van der Waals surface area contributed by atoms with Crippen molar-refractivity contribution in [3.63, 3.8) is 0 Å². The molecule has 2 heterocycles. The van der Waals surface area contributed by atoms with Crippen LogP contribution < -0.4 is 0 Å². The van der Waals surface area contributed by atoms with Gasteiger partial charge in [0.25, 0.3) is 0 Å². The van der Waals surface area contributed by atoms with Gasteiger partial charge in [0, 0.05) is 31.2 Å². The molecule has 1 fully saturated rings. The molecule has 0 radical (unpaired) electrons. The number of carbonyl (C=O) groups excluding carboxylic acids is 1. The van der Waals surface area contributed by atoms with Crippen molar-refractivity contribution < 1.29 is 13.2 Å². The Morgan fingerprint density at radius 1 is 1.15 bits per heavy atom. The van der Waals surface area contributed by atoms with E-state index in [0.717, 1.165) is 31.4 Å². The zero-order chi connectivity index (χ0) is 19.2. The third kappa shape index (κ3) is 6.06. The molecular formula is C19H31N3O3S. The molecule has 0 spiro atoms. The molecule has 0 N–H and O–H groups in total. The normalized spacial score (nSPS) is 16.9. The lowest BCUT2D eigenvalue weighted by Gasteiger charge is -2.30. The summed E-state index contributed by atoms with van der Waals surface area (Å²) in [5, 5.41) is 0. The molecule has 1 aromatic rings. The second kappa shape index (κ2) is 8.95. The van der Waals surface area contributed by atoms with E-state index in [1.54, 1.807) is 15.4 Å². The molecule has 2 rings (SSSR count). The minimum absolute atomic E-state index is 0.0400. The summed E-state index contributed by atoms with van der Waals surface area (Å²) in [5.74, 6) is -0.101. The monoisotopic (exact) mass is 381 g/mol. The van der Waals surface area contributed by atoms with Gasteiger partial charge >= 0.3 is 0 Å². The van der Waals surface area contributed by atoms with E-state index in [-0.39, 0.29) is 18.2 Å². The highest BCUT2D eigenvalue weighted by atomic mass is 32.2. The Balaban J connectivity index is 2.09. The van der Waals surface area contributed by atoms with E-state index < -0.39 is 15.4 Å². The topological polar surface area (TPSA) is 70.6 Å². The van der Waals surface area contributed by atoms with Crippen LogP contribution in [0, 0.1) is 5.41 Å². The molecule has 0 unspecified atom stereocenters. The Morgan fingerprint density at radius 3 is 2.35 bits per heavy atom. The van der Waals surface area contributed by atoms with Gasteiger partial charge in [-0.05, 0) is 25.0 Å². The van der Waals surface area contributed by atoms with Crippen molar-refractivity contribution >= 4 is 15.9 Å². The third-order valence-electron chi connectivity index (χ3n) is 4.59. The van der Waals surface area contributed by atoms with Crippen molar-refractivity contribution in [1.82, 2.24) is 14.2 Å². The Morgan fingerprint density at radius 2 is 1.81 bits per heavy atom. The molecule has 26 heavy (non-hydrogen) atoms. The summed E-state index contributed by atoms with van der Waals surface area (Å²) >= 11 is 0. The van der Waals surface area contributed by atoms with Gasteiger partial charge < -0.3 is 4.90 Å². The summed E-state index contributed by atoms with van der Waals surface area (Å²) in [5.41, 5.74) is 0.193. The molecule has 0 aromatic carbocycles. The summed E-state index contributed by atoms with van der Waals surface area (Å²) in [6.07, 6.45) is 5.68. The molecule has 1 aromatic heterocycles. The summed E-state index contributed by atoms with van der Waals surface area (Å²) in [7, 11) is -3.35. The van der Waals surface area contributed by atoms with Crippen molar-refractivity contribution in [2.24, 2.45) is 5.41 Å². The molecule has 146 valence electrons. The Labute approximate surface area is 157 Å². The second-order valence-electron chi connectivity index (χ2n) is 7.93. The van der Waals surface area contributed by atoms with Gasteiger partial charge in [-0.1, -0.05) is 39.7 Å². The minimum atomic E-state index is -3.35. The highest BCUT2D eigenvalue weighted by Crippen LogP contribution is 2.20. The SMILES string of the molecule is CC(C)(C)C(=O)N(CCS(=O)(=O)N1CCCCCC1)Cc1ccccn1. The minimum Gasteiger partial charge on any atom is -0.335 e. The van der Waals surface area contributed by atoms with E-state index in [1.807, 2.05) is 39.0 Å². The molecule has 1 aliphatic heterocycles. The third-order valence-corrected chi connectivity index (χ3v) is 6.44. The number of rotatable bonds is 6. The molecule has 7 heteroatoms. The first-order valence-electron chi connectivity index (χ1n) is 9.37. The van der Waals surface area contributed by atoms with Crippen LogP contribution in [0.5, 0.6) is 0 Å². The van der Waals surface area contributed by atoms with Crippen molar-refractivity contribution in [1.29, 1.82) is 0 Å². The van der Waals surface area contributed by atoms with Crippen LogP contribution in [0.25, 0.3) is 0 Å². The van der Waals surface area contributed by atoms with Crippen molar-refractivity contribution in [3.05, 3.63) is 30.1 Å². The Kier molecular flexibility index (Phi) is 7.17. The summed E-state index contributed by atoms with van der Waals surface area (Å²) < 4.78 is 27.1. The van der Waals surface area contributed by atoms with E-state index in [1.165, 1.54) is 0 Å². The van der Waals surface area contributed by atoms with Gasteiger partial charge in [0.2, 0.25) is 15.9 Å². The largest absolute Gasteiger partial charge is 0.335 e. The zero-order valence-corrected chi connectivity index (χ0v) is 17.0. The molecule has 1 saturated heterocycles. The first kappa shape index (κ1) is 20.8. The average molecular weight is 382 g/mol. The first-order valence-corrected chi connectivity index (χ1v) is 11.0.